The zero-order valence-corrected chi connectivity index (χ0v) is 29.4. The van der Waals surface area contributed by atoms with Gasteiger partial charge in [0.25, 0.3) is 0 Å². The molecule has 2 unspecified atom stereocenters. The van der Waals surface area contributed by atoms with Gasteiger partial charge in [-0.1, -0.05) is 65.5 Å². The third-order valence-corrected chi connectivity index (χ3v) is 6.90. The third kappa shape index (κ3) is 12.9. The summed E-state index contributed by atoms with van der Waals surface area (Å²) in [5.41, 5.74) is 1.79. The number of hydrogen-bond acceptors (Lipinski definition) is 8. The van der Waals surface area contributed by atoms with Crippen LogP contribution in [0.4, 0.5) is 5.82 Å². The van der Waals surface area contributed by atoms with Crippen LogP contribution < -0.4 is 10.1 Å². The highest BCUT2D eigenvalue weighted by Gasteiger charge is 2.36. The minimum absolute atomic E-state index is 0.0796. The average Bonchev–Trinajstić information content (AvgIpc) is 3.67. The standard InChI is InChI=1S/C21H21IN2O3.C9H14N2O2.2C2H6/c22-18-6-3-16(4-7-18)1-2-17-5-8-21(23-13-17)27-10-9-24-14-19-20(15-24)26-12-11-25-19;1-6(12)10-8-5-7(13-11-8)9(2,3)4;2*1-2/h3-8,13,19-20H,9-12,14-15H2;5H,1-4H3,(H,10,11,12);2*1-2H3. The van der Waals surface area contributed by atoms with Gasteiger partial charge in [-0.3, -0.25) is 9.69 Å². The van der Waals surface area contributed by atoms with Crippen molar-refractivity contribution in [2.24, 2.45) is 0 Å². The molecule has 2 aromatic heterocycles. The molecule has 4 heterocycles. The number of carbonyl (C=O) groups excluding carboxylic acids is 1. The minimum atomic E-state index is -0.145. The van der Waals surface area contributed by atoms with Crippen LogP contribution in [-0.4, -0.2) is 72.6 Å². The van der Waals surface area contributed by atoms with E-state index in [1.807, 2.05) is 84.9 Å². The van der Waals surface area contributed by atoms with Crippen molar-refractivity contribution < 1.29 is 23.5 Å². The molecule has 2 atom stereocenters. The molecule has 5 rings (SSSR count). The molecule has 0 bridgehead atoms. The summed E-state index contributed by atoms with van der Waals surface area (Å²) in [6.07, 6.45) is 2.17. The molecule has 2 aliphatic heterocycles. The molecule has 9 nitrogen and oxygen atoms in total. The Kier molecular flexibility index (Phi) is 16.4. The number of anilines is 1. The maximum Gasteiger partial charge on any atom is 0.222 e. The summed E-state index contributed by atoms with van der Waals surface area (Å²) in [5.74, 6) is 7.99. The molecule has 10 heteroatoms. The second kappa shape index (κ2) is 19.4. The van der Waals surface area contributed by atoms with Crippen LogP contribution in [0.3, 0.4) is 0 Å². The number of pyridine rings is 1. The molecule has 240 valence electrons. The van der Waals surface area contributed by atoms with E-state index < -0.39 is 0 Å². The van der Waals surface area contributed by atoms with Crippen molar-refractivity contribution in [1.82, 2.24) is 15.0 Å². The van der Waals surface area contributed by atoms with E-state index >= 15 is 0 Å². The van der Waals surface area contributed by atoms with Gasteiger partial charge < -0.3 is 24.1 Å². The molecule has 3 aromatic rings. The van der Waals surface area contributed by atoms with Crippen molar-refractivity contribution in [3.8, 4) is 17.7 Å². The van der Waals surface area contributed by atoms with Gasteiger partial charge in [0, 0.05) is 65.0 Å². The Morgan fingerprint density at radius 2 is 1.59 bits per heavy atom. The average molecular weight is 719 g/mol. The molecule has 0 saturated carbocycles. The molecule has 0 radical (unpaired) electrons. The number of likely N-dealkylation sites (tertiary alicyclic amines) is 1. The normalized spacial score (nSPS) is 17.1. The van der Waals surface area contributed by atoms with Crippen LogP contribution in [0.1, 0.15) is 72.3 Å². The molecule has 0 aliphatic carbocycles. The number of benzene rings is 1. The number of carbonyl (C=O) groups is 1. The van der Waals surface area contributed by atoms with E-state index in [9.17, 15) is 4.79 Å². The first-order chi connectivity index (χ1) is 21.2. The monoisotopic (exact) mass is 718 g/mol. The largest absolute Gasteiger partial charge is 0.476 e. The Balaban J connectivity index is 0.000000335. The first-order valence-corrected chi connectivity index (χ1v) is 16.3. The van der Waals surface area contributed by atoms with E-state index in [0.717, 1.165) is 36.5 Å². The highest BCUT2D eigenvalue weighted by molar-refractivity contribution is 14.1. The van der Waals surface area contributed by atoms with Crippen LogP contribution in [-0.2, 0) is 19.7 Å². The van der Waals surface area contributed by atoms with Crippen molar-refractivity contribution in [3.63, 3.8) is 0 Å². The SMILES string of the molecule is CC.CC.CC(=O)Nc1cc(C(C)(C)C)on1.Ic1ccc(C#Cc2ccc(OCCN3CC4OCCOC4C3)nc2)cc1. The number of hydrogen-bond donors (Lipinski definition) is 1. The molecule has 0 spiro atoms. The zero-order valence-electron chi connectivity index (χ0n) is 27.3. The Hall–Kier alpha value is -2.98. The number of ether oxygens (including phenoxy) is 3. The van der Waals surface area contributed by atoms with Crippen molar-refractivity contribution in [1.29, 1.82) is 0 Å². The summed E-state index contributed by atoms with van der Waals surface area (Å²) in [5, 5.41) is 6.27. The van der Waals surface area contributed by atoms with Crippen LogP contribution >= 0.6 is 22.6 Å². The summed E-state index contributed by atoms with van der Waals surface area (Å²) < 4.78 is 23.5. The molecular formula is C34H47IN4O5. The first kappa shape index (κ1) is 37.2. The van der Waals surface area contributed by atoms with Gasteiger partial charge in [-0.05, 0) is 52.9 Å². The lowest BCUT2D eigenvalue weighted by atomic mass is 9.93. The third-order valence-electron chi connectivity index (χ3n) is 6.18. The van der Waals surface area contributed by atoms with Gasteiger partial charge in [-0.15, -0.1) is 0 Å². The Bertz CT molecular complexity index is 1300. The van der Waals surface area contributed by atoms with Gasteiger partial charge in [0.2, 0.25) is 11.8 Å². The summed E-state index contributed by atoms with van der Waals surface area (Å²) in [7, 11) is 0. The highest BCUT2D eigenvalue weighted by Crippen LogP contribution is 2.24. The maximum atomic E-state index is 10.7. The molecule has 1 aromatic carbocycles. The van der Waals surface area contributed by atoms with Crippen LogP contribution in [0.15, 0.2) is 53.2 Å². The summed E-state index contributed by atoms with van der Waals surface area (Å²) in [6.45, 7) is 20.2. The second-order valence-electron chi connectivity index (χ2n) is 10.6. The smallest absolute Gasteiger partial charge is 0.222 e. The van der Waals surface area contributed by atoms with Crippen LogP contribution in [0.25, 0.3) is 0 Å². The number of amides is 1. The van der Waals surface area contributed by atoms with E-state index in [2.05, 4.69) is 54.8 Å². The van der Waals surface area contributed by atoms with Crippen molar-refractivity contribution in [2.75, 3.05) is 44.8 Å². The Morgan fingerprint density at radius 1 is 1.00 bits per heavy atom. The zero-order chi connectivity index (χ0) is 32.5. The molecule has 2 aliphatic rings. The van der Waals surface area contributed by atoms with E-state index in [1.165, 1.54) is 10.5 Å². The Labute approximate surface area is 276 Å². The van der Waals surface area contributed by atoms with Gasteiger partial charge >= 0.3 is 0 Å². The van der Waals surface area contributed by atoms with E-state index in [0.29, 0.717) is 31.5 Å². The number of aromatic nitrogens is 2. The number of nitrogens with zero attached hydrogens (tertiary/aromatic N) is 3. The lowest BCUT2D eigenvalue weighted by Gasteiger charge is -2.24. The predicted molar refractivity (Wildman–Crippen MR) is 183 cm³/mol. The van der Waals surface area contributed by atoms with Gasteiger partial charge in [0.05, 0.1) is 25.4 Å². The van der Waals surface area contributed by atoms with E-state index in [-0.39, 0.29) is 23.5 Å². The summed E-state index contributed by atoms with van der Waals surface area (Å²) >= 11 is 2.28. The number of halogens is 1. The van der Waals surface area contributed by atoms with E-state index in [1.54, 1.807) is 12.3 Å². The van der Waals surface area contributed by atoms with Crippen molar-refractivity contribution in [2.45, 2.75) is 73.0 Å². The molecular weight excluding hydrogens is 671 g/mol. The van der Waals surface area contributed by atoms with Crippen molar-refractivity contribution >= 4 is 34.3 Å². The quantitative estimate of drug-likeness (QED) is 0.235. The van der Waals surface area contributed by atoms with Gasteiger partial charge in [0.15, 0.2) is 5.82 Å². The fourth-order valence-corrected chi connectivity index (χ4v) is 4.44. The van der Waals surface area contributed by atoms with E-state index in [4.69, 9.17) is 18.7 Å². The molecule has 2 saturated heterocycles. The summed E-state index contributed by atoms with van der Waals surface area (Å²) in [6, 6.07) is 13.7. The molecule has 2 fully saturated rings. The lowest BCUT2D eigenvalue weighted by Crippen LogP contribution is -2.36. The summed E-state index contributed by atoms with van der Waals surface area (Å²) in [4.78, 5) is 17.3. The van der Waals surface area contributed by atoms with Crippen LogP contribution in [0, 0.1) is 15.4 Å². The number of nitrogens with one attached hydrogen (secondary N) is 1. The minimum Gasteiger partial charge on any atom is -0.476 e. The fourth-order valence-electron chi connectivity index (χ4n) is 4.08. The van der Waals surface area contributed by atoms with Gasteiger partial charge in [-0.2, -0.15) is 0 Å². The maximum absolute atomic E-state index is 10.7. The number of fused-ring (bicyclic) bond motifs is 1. The second-order valence-corrected chi connectivity index (χ2v) is 11.8. The fraction of sp³-hybridized carbons (Fsp3) is 0.500. The van der Waals surface area contributed by atoms with Crippen LogP contribution in [0.5, 0.6) is 5.88 Å². The van der Waals surface area contributed by atoms with Crippen LogP contribution in [0.2, 0.25) is 0 Å². The molecule has 1 N–H and O–H groups in total. The van der Waals surface area contributed by atoms with Gasteiger partial charge in [0.1, 0.15) is 12.4 Å². The number of rotatable bonds is 5. The Morgan fingerprint density at radius 3 is 2.11 bits per heavy atom. The molecule has 1 amide bonds. The van der Waals surface area contributed by atoms with Crippen molar-refractivity contribution in [3.05, 3.63) is 69.1 Å². The first-order valence-electron chi connectivity index (χ1n) is 15.2. The lowest BCUT2D eigenvalue weighted by molar-refractivity contribution is -0.116. The molecule has 44 heavy (non-hydrogen) atoms. The highest BCUT2D eigenvalue weighted by atomic mass is 127. The predicted octanol–water partition coefficient (Wildman–Crippen LogP) is 6.55. The topological polar surface area (TPSA) is 99.0 Å². The van der Waals surface area contributed by atoms with Gasteiger partial charge in [-0.25, -0.2) is 4.98 Å².